The maximum Gasteiger partial charge on any atom is 0.00817 e. The van der Waals surface area contributed by atoms with Crippen LogP contribution in [0.15, 0.2) is 0 Å². The zero-order valence-electron chi connectivity index (χ0n) is 10.8. The topological polar surface area (TPSA) is 15.3 Å². The fourth-order valence-corrected chi connectivity index (χ4v) is 2.23. The van der Waals surface area contributed by atoms with Gasteiger partial charge in [-0.1, -0.05) is 33.6 Å². The number of rotatable bonds is 9. The van der Waals surface area contributed by atoms with E-state index in [2.05, 4.69) is 31.0 Å². The minimum Gasteiger partial charge on any atom is -0.314 e. The minimum atomic E-state index is 0.767. The average molecular weight is 212 g/mol. The molecule has 1 saturated carbocycles. The van der Waals surface area contributed by atoms with E-state index >= 15 is 0 Å². The third-order valence-corrected chi connectivity index (χ3v) is 3.50. The summed E-state index contributed by atoms with van der Waals surface area (Å²) in [7, 11) is 0. The molecule has 15 heavy (non-hydrogen) atoms. The largest absolute Gasteiger partial charge is 0.314 e. The van der Waals surface area contributed by atoms with Crippen molar-refractivity contribution in [3.63, 3.8) is 0 Å². The van der Waals surface area contributed by atoms with Crippen LogP contribution in [0.25, 0.3) is 0 Å². The summed E-state index contributed by atoms with van der Waals surface area (Å²) in [6.07, 6.45) is 5.70. The van der Waals surface area contributed by atoms with Gasteiger partial charge in [0.2, 0.25) is 0 Å². The summed E-state index contributed by atoms with van der Waals surface area (Å²) >= 11 is 0. The van der Waals surface area contributed by atoms with Gasteiger partial charge in [-0.3, -0.25) is 0 Å². The molecular weight excluding hydrogens is 184 g/mol. The van der Waals surface area contributed by atoms with Gasteiger partial charge in [0.1, 0.15) is 0 Å². The van der Waals surface area contributed by atoms with Crippen molar-refractivity contribution in [2.45, 2.75) is 52.5 Å². The number of hydrogen-bond acceptors (Lipinski definition) is 2. The molecule has 1 fully saturated rings. The molecular formula is C13H28N2. The van der Waals surface area contributed by atoms with E-state index in [4.69, 9.17) is 0 Å². The van der Waals surface area contributed by atoms with Gasteiger partial charge in [-0.05, 0) is 44.9 Å². The highest BCUT2D eigenvalue weighted by Crippen LogP contribution is 2.34. The van der Waals surface area contributed by atoms with Gasteiger partial charge < -0.3 is 10.2 Å². The lowest BCUT2D eigenvalue weighted by molar-refractivity contribution is 0.276. The Morgan fingerprint density at radius 2 is 1.87 bits per heavy atom. The van der Waals surface area contributed by atoms with Gasteiger partial charge in [0.15, 0.2) is 0 Å². The van der Waals surface area contributed by atoms with E-state index in [1.165, 1.54) is 45.3 Å². The molecule has 0 radical (unpaired) electrons. The van der Waals surface area contributed by atoms with Crippen molar-refractivity contribution in [3.05, 3.63) is 0 Å². The molecule has 1 aliphatic rings. The van der Waals surface area contributed by atoms with Crippen LogP contribution in [0, 0.1) is 5.92 Å². The highest BCUT2D eigenvalue weighted by atomic mass is 15.1. The lowest BCUT2D eigenvalue weighted by Crippen LogP contribution is -2.34. The van der Waals surface area contributed by atoms with Crippen LogP contribution in [0.5, 0.6) is 0 Å². The standard InChI is InChI=1S/C13H28N2/c1-4-14-13(11-12-7-8-12)9-10-15(5-2)6-3/h12-14H,4-11H2,1-3H3. The van der Waals surface area contributed by atoms with Crippen molar-refractivity contribution in [3.8, 4) is 0 Å². The van der Waals surface area contributed by atoms with Crippen LogP contribution in [0.3, 0.4) is 0 Å². The van der Waals surface area contributed by atoms with E-state index < -0.39 is 0 Å². The lowest BCUT2D eigenvalue weighted by atomic mass is 10.1. The first-order chi connectivity index (χ1) is 7.30. The van der Waals surface area contributed by atoms with Crippen molar-refractivity contribution in [2.75, 3.05) is 26.2 Å². The van der Waals surface area contributed by atoms with Gasteiger partial charge in [-0.15, -0.1) is 0 Å². The van der Waals surface area contributed by atoms with Crippen LogP contribution in [0.1, 0.15) is 46.5 Å². The lowest BCUT2D eigenvalue weighted by Gasteiger charge is -2.23. The first-order valence-electron chi connectivity index (χ1n) is 6.75. The predicted octanol–water partition coefficient (Wildman–Crippen LogP) is 2.50. The molecule has 0 aromatic carbocycles. The van der Waals surface area contributed by atoms with Crippen molar-refractivity contribution in [1.29, 1.82) is 0 Å². The zero-order chi connectivity index (χ0) is 11.1. The molecule has 0 aromatic heterocycles. The first-order valence-corrected chi connectivity index (χ1v) is 6.75. The van der Waals surface area contributed by atoms with Gasteiger partial charge in [0.25, 0.3) is 0 Å². The molecule has 2 nitrogen and oxygen atoms in total. The number of nitrogens with one attached hydrogen (secondary N) is 1. The van der Waals surface area contributed by atoms with Crippen LogP contribution < -0.4 is 5.32 Å². The molecule has 0 bridgehead atoms. The number of nitrogens with zero attached hydrogens (tertiary/aromatic N) is 1. The van der Waals surface area contributed by atoms with Crippen LogP contribution in [-0.4, -0.2) is 37.1 Å². The van der Waals surface area contributed by atoms with Crippen molar-refractivity contribution < 1.29 is 0 Å². The Labute approximate surface area is 95.4 Å². The number of hydrogen-bond donors (Lipinski definition) is 1. The van der Waals surface area contributed by atoms with Crippen molar-refractivity contribution in [1.82, 2.24) is 10.2 Å². The maximum absolute atomic E-state index is 3.63. The highest BCUT2D eigenvalue weighted by Gasteiger charge is 2.24. The summed E-state index contributed by atoms with van der Waals surface area (Å²) in [5.41, 5.74) is 0. The molecule has 2 heteroatoms. The molecule has 0 saturated heterocycles. The third kappa shape index (κ3) is 5.53. The fourth-order valence-electron chi connectivity index (χ4n) is 2.23. The Bertz CT molecular complexity index is 151. The molecule has 1 unspecified atom stereocenters. The Morgan fingerprint density at radius 1 is 1.20 bits per heavy atom. The van der Waals surface area contributed by atoms with Gasteiger partial charge in [0, 0.05) is 6.04 Å². The van der Waals surface area contributed by atoms with Crippen LogP contribution in [0.2, 0.25) is 0 Å². The van der Waals surface area contributed by atoms with Gasteiger partial charge >= 0.3 is 0 Å². The Hall–Kier alpha value is -0.0800. The summed E-state index contributed by atoms with van der Waals surface area (Å²) in [5, 5.41) is 3.63. The zero-order valence-corrected chi connectivity index (χ0v) is 10.8. The quantitative estimate of drug-likeness (QED) is 0.632. The normalized spacial score (nSPS) is 18.4. The predicted molar refractivity (Wildman–Crippen MR) is 67.2 cm³/mol. The van der Waals surface area contributed by atoms with E-state index in [-0.39, 0.29) is 0 Å². The summed E-state index contributed by atoms with van der Waals surface area (Å²) in [4.78, 5) is 2.53. The molecule has 0 aromatic rings. The second kappa shape index (κ2) is 7.24. The molecule has 1 atom stereocenters. The molecule has 90 valence electrons. The smallest absolute Gasteiger partial charge is 0.00817 e. The second-order valence-corrected chi connectivity index (χ2v) is 4.75. The van der Waals surface area contributed by atoms with Crippen molar-refractivity contribution >= 4 is 0 Å². The molecule has 0 heterocycles. The molecule has 0 aliphatic heterocycles. The fraction of sp³-hybridized carbons (Fsp3) is 1.00. The summed E-state index contributed by atoms with van der Waals surface area (Å²) in [5.74, 6) is 1.05. The Balaban J connectivity index is 2.16. The molecule has 1 rings (SSSR count). The minimum absolute atomic E-state index is 0.767. The van der Waals surface area contributed by atoms with Gasteiger partial charge in [0.05, 0.1) is 0 Å². The van der Waals surface area contributed by atoms with Crippen LogP contribution >= 0.6 is 0 Å². The summed E-state index contributed by atoms with van der Waals surface area (Å²) < 4.78 is 0. The second-order valence-electron chi connectivity index (χ2n) is 4.75. The van der Waals surface area contributed by atoms with E-state index in [1.54, 1.807) is 0 Å². The third-order valence-electron chi connectivity index (χ3n) is 3.50. The van der Waals surface area contributed by atoms with E-state index in [9.17, 15) is 0 Å². The first kappa shape index (κ1) is 13.0. The average Bonchev–Trinajstić information content (AvgIpc) is 3.03. The Morgan fingerprint density at radius 3 is 2.33 bits per heavy atom. The van der Waals surface area contributed by atoms with Gasteiger partial charge in [-0.2, -0.15) is 0 Å². The summed E-state index contributed by atoms with van der Waals surface area (Å²) in [6.45, 7) is 11.5. The van der Waals surface area contributed by atoms with E-state index in [0.717, 1.165) is 18.5 Å². The monoisotopic (exact) mass is 212 g/mol. The Kier molecular flexibility index (Phi) is 6.26. The molecule has 0 spiro atoms. The van der Waals surface area contributed by atoms with Crippen LogP contribution in [0.4, 0.5) is 0 Å². The van der Waals surface area contributed by atoms with Crippen LogP contribution in [-0.2, 0) is 0 Å². The summed E-state index contributed by atoms with van der Waals surface area (Å²) in [6, 6.07) is 0.767. The van der Waals surface area contributed by atoms with E-state index in [1.807, 2.05) is 0 Å². The van der Waals surface area contributed by atoms with Crippen molar-refractivity contribution in [2.24, 2.45) is 5.92 Å². The molecule has 0 amide bonds. The highest BCUT2D eigenvalue weighted by molar-refractivity contribution is 4.80. The maximum atomic E-state index is 3.63. The van der Waals surface area contributed by atoms with Gasteiger partial charge in [-0.25, -0.2) is 0 Å². The molecule has 1 aliphatic carbocycles. The SMILES string of the molecule is CCNC(CCN(CC)CC)CC1CC1. The van der Waals surface area contributed by atoms with E-state index in [0.29, 0.717) is 0 Å². The molecule has 1 N–H and O–H groups in total.